The van der Waals surface area contributed by atoms with Gasteiger partial charge in [-0.2, -0.15) is 13.2 Å². The van der Waals surface area contributed by atoms with E-state index in [1.54, 1.807) is 31.2 Å². The van der Waals surface area contributed by atoms with Crippen molar-refractivity contribution in [1.29, 1.82) is 0 Å². The van der Waals surface area contributed by atoms with E-state index in [-0.39, 0.29) is 6.54 Å². The number of rotatable bonds is 5. The van der Waals surface area contributed by atoms with E-state index in [0.717, 1.165) is 0 Å². The van der Waals surface area contributed by atoms with Crippen LogP contribution in [-0.2, 0) is 0 Å². The Balaban J connectivity index is 2.35. The smallest absolute Gasteiger partial charge is 0.401 e. The first-order valence-corrected chi connectivity index (χ1v) is 5.45. The van der Waals surface area contributed by atoms with E-state index < -0.39 is 18.8 Å². The lowest BCUT2D eigenvalue weighted by Gasteiger charge is -2.16. The summed E-state index contributed by atoms with van der Waals surface area (Å²) in [6.45, 7) is 0.751. The molecule has 0 spiro atoms. The van der Waals surface area contributed by atoms with Gasteiger partial charge in [0.15, 0.2) is 0 Å². The zero-order valence-corrected chi connectivity index (χ0v) is 9.98. The quantitative estimate of drug-likeness (QED) is 0.884. The lowest BCUT2D eigenvalue weighted by atomic mass is 10.3. The molecule has 0 aromatic heterocycles. The monoisotopic (exact) mass is 267 g/mol. The lowest BCUT2D eigenvalue weighted by Crippen LogP contribution is -2.35. The molecule has 17 heavy (non-hydrogen) atoms. The van der Waals surface area contributed by atoms with E-state index in [1.165, 1.54) is 0 Å². The Bertz CT molecular complexity index is 357. The Labute approximate surface area is 103 Å². The van der Waals surface area contributed by atoms with Crippen molar-refractivity contribution in [3.63, 3.8) is 0 Å². The van der Waals surface area contributed by atoms with Crippen LogP contribution in [0.5, 0.6) is 5.75 Å². The molecule has 0 saturated carbocycles. The summed E-state index contributed by atoms with van der Waals surface area (Å²) in [6, 6.07) is 6.83. The molecule has 1 N–H and O–H groups in total. The highest BCUT2D eigenvalue weighted by atomic mass is 35.5. The molecule has 6 heteroatoms. The summed E-state index contributed by atoms with van der Waals surface area (Å²) in [7, 11) is 0. The molecule has 2 nitrogen and oxygen atoms in total. The molecule has 1 aromatic carbocycles. The number of ether oxygens (including phenoxy) is 1. The van der Waals surface area contributed by atoms with Crippen LogP contribution < -0.4 is 10.1 Å². The molecule has 96 valence electrons. The van der Waals surface area contributed by atoms with Crippen LogP contribution in [0.15, 0.2) is 24.3 Å². The van der Waals surface area contributed by atoms with E-state index in [0.29, 0.717) is 10.8 Å². The van der Waals surface area contributed by atoms with E-state index >= 15 is 0 Å². The molecule has 1 unspecified atom stereocenters. The van der Waals surface area contributed by atoms with Crippen LogP contribution in [0, 0.1) is 0 Å². The molecule has 0 aliphatic rings. The average molecular weight is 268 g/mol. The molecule has 1 atom stereocenters. The van der Waals surface area contributed by atoms with E-state index in [4.69, 9.17) is 16.3 Å². The van der Waals surface area contributed by atoms with E-state index in [1.807, 2.05) is 0 Å². The molecule has 0 saturated heterocycles. The fourth-order valence-electron chi connectivity index (χ4n) is 1.22. The molecule has 0 radical (unpaired) electrons. The first-order chi connectivity index (χ1) is 7.88. The second-order valence-electron chi connectivity index (χ2n) is 3.60. The van der Waals surface area contributed by atoms with Gasteiger partial charge in [-0.1, -0.05) is 23.7 Å². The first kappa shape index (κ1) is 14.1. The van der Waals surface area contributed by atoms with E-state index in [9.17, 15) is 13.2 Å². The zero-order valence-electron chi connectivity index (χ0n) is 9.22. The maximum absolute atomic E-state index is 11.9. The molecule has 0 bridgehead atoms. The second-order valence-corrected chi connectivity index (χ2v) is 4.01. The van der Waals surface area contributed by atoms with Crippen LogP contribution in [0.2, 0.25) is 5.02 Å². The average Bonchev–Trinajstić information content (AvgIpc) is 2.19. The van der Waals surface area contributed by atoms with Crippen molar-refractivity contribution in [2.75, 3.05) is 13.1 Å². The van der Waals surface area contributed by atoms with Gasteiger partial charge in [0.25, 0.3) is 0 Å². The molecule has 0 aliphatic carbocycles. The molecular formula is C11H13ClF3NO. The summed E-state index contributed by atoms with van der Waals surface area (Å²) in [5.74, 6) is 0.468. The molecule has 0 heterocycles. The summed E-state index contributed by atoms with van der Waals surface area (Å²) >= 11 is 5.85. The van der Waals surface area contributed by atoms with Crippen molar-refractivity contribution >= 4 is 11.6 Å². The number of para-hydroxylation sites is 1. The van der Waals surface area contributed by atoms with Gasteiger partial charge in [0.05, 0.1) is 11.6 Å². The van der Waals surface area contributed by atoms with Gasteiger partial charge in [-0.3, -0.25) is 0 Å². The van der Waals surface area contributed by atoms with Gasteiger partial charge in [-0.05, 0) is 19.1 Å². The molecule has 0 fully saturated rings. The van der Waals surface area contributed by atoms with Crippen molar-refractivity contribution in [2.24, 2.45) is 0 Å². The Kier molecular flexibility index (Phi) is 5.08. The molecule has 1 rings (SSSR count). The Hall–Kier alpha value is -0.940. The summed E-state index contributed by atoms with van der Waals surface area (Å²) < 4.78 is 41.0. The van der Waals surface area contributed by atoms with Gasteiger partial charge >= 0.3 is 6.18 Å². The molecule has 1 aromatic rings. The predicted octanol–water partition coefficient (Wildman–Crippen LogP) is 3.26. The van der Waals surface area contributed by atoms with Crippen LogP contribution in [0.3, 0.4) is 0 Å². The van der Waals surface area contributed by atoms with Crippen molar-refractivity contribution < 1.29 is 17.9 Å². The number of hydrogen-bond acceptors (Lipinski definition) is 2. The maximum atomic E-state index is 11.9. The van der Waals surface area contributed by atoms with Gasteiger partial charge in [-0.25, -0.2) is 0 Å². The summed E-state index contributed by atoms with van der Waals surface area (Å²) in [4.78, 5) is 0. The first-order valence-electron chi connectivity index (χ1n) is 5.07. The summed E-state index contributed by atoms with van der Waals surface area (Å²) in [5, 5.41) is 2.71. The number of alkyl halides is 3. The summed E-state index contributed by atoms with van der Waals surface area (Å²) in [5.41, 5.74) is 0. The molecule has 0 amide bonds. The number of nitrogens with one attached hydrogen (secondary N) is 1. The van der Waals surface area contributed by atoms with Gasteiger partial charge in [-0.15, -0.1) is 0 Å². The van der Waals surface area contributed by atoms with Gasteiger partial charge in [0.1, 0.15) is 11.9 Å². The molecular weight excluding hydrogens is 255 g/mol. The van der Waals surface area contributed by atoms with E-state index in [2.05, 4.69) is 5.32 Å². The fourth-order valence-corrected chi connectivity index (χ4v) is 1.40. The largest absolute Gasteiger partial charge is 0.488 e. The van der Waals surface area contributed by atoms with Crippen molar-refractivity contribution in [1.82, 2.24) is 5.32 Å². The molecule has 0 aliphatic heterocycles. The Morgan fingerprint density at radius 2 is 2.00 bits per heavy atom. The van der Waals surface area contributed by atoms with Crippen molar-refractivity contribution in [3.05, 3.63) is 29.3 Å². The highest BCUT2D eigenvalue weighted by molar-refractivity contribution is 6.32. The number of benzene rings is 1. The lowest BCUT2D eigenvalue weighted by molar-refractivity contribution is -0.125. The van der Waals surface area contributed by atoms with Gasteiger partial charge in [0.2, 0.25) is 0 Å². The second kappa shape index (κ2) is 6.12. The van der Waals surface area contributed by atoms with Crippen LogP contribution in [0.25, 0.3) is 0 Å². The minimum atomic E-state index is -4.20. The maximum Gasteiger partial charge on any atom is 0.401 e. The van der Waals surface area contributed by atoms with Crippen LogP contribution >= 0.6 is 11.6 Å². The Morgan fingerprint density at radius 1 is 1.35 bits per heavy atom. The third-order valence-corrected chi connectivity index (χ3v) is 2.23. The Morgan fingerprint density at radius 3 is 2.59 bits per heavy atom. The van der Waals surface area contributed by atoms with Crippen molar-refractivity contribution in [2.45, 2.75) is 19.2 Å². The van der Waals surface area contributed by atoms with Crippen molar-refractivity contribution in [3.8, 4) is 5.75 Å². The minimum Gasteiger partial charge on any atom is -0.488 e. The standard InChI is InChI=1S/C11H13ClF3NO/c1-8(6-16-7-11(13,14)15)17-10-5-3-2-4-9(10)12/h2-5,8,16H,6-7H2,1H3. The zero-order chi connectivity index (χ0) is 12.9. The van der Waals surface area contributed by atoms with Crippen LogP contribution in [0.1, 0.15) is 6.92 Å². The predicted molar refractivity (Wildman–Crippen MR) is 60.5 cm³/mol. The number of halogens is 4. The highest BCUT2D eigenvalue weighted by Gasteiger charge is 2.26. The topological polar surface area (TPSA) is 21.3 Å². The van der Waals surface area contributed by atoms with Gasteiger partial charge in [0, 0.05) is 6.54 Å². The van der Waals surface area contributed by atoms with Crippen LogP contribution in [-0.4, -0.2) is 25.4 Å². The normalized spacial score (nSPS) is 13.5. The fraction of sp³-hybridized carbons (Fsp3) is 0.455. The summed E-state index contributed by atoms with van der Waals surface area (Å²) in [6.07, 6.45) is -4.60. The third-order valence-electron chi connectivity index (χ3n) is 1.92. The highest BCUT2D eigenvalue weighted by Crippen LogP contribution is 2.24. The SMILES string of the molecule is CC(CNCC(F)(F)F)Oc1ccccc1Cl. The van der Waals surface area contributed by atoms with Crippen LogP contribution in [0.4, 0.5) is 13.2 Å². The van der Waals surface area contributed by atoms with Gasteiger partial charge < -0.3 is 10.1 Å². The third kappa shape index (κ3) is 5.79. The minimum absolute atomic E-state index is 0.102. The number of hydrogen-bond donors (Lipinski definition) is 1.